The van der Waals surface area contributed by atoms with Crippen LogP contribution in [0.4, 0.5) is 0 Å². The van der Waals surface area contributed by atoms with Crippen LogP contribution >= 0.6 is 11.3 Å². The number of imidazole rings is 1. The molecule has 1 N–H and O–H groups in total. The van der Waals surface area contributed by atoms with Gasteiger partial charge < -0.3 is 14.3 Å². The molecule has 2 aromatic carbocycles. The number of carbonyl (C=O) groups is 1. The maximum Gasteiger partial charge on any atom is 0.251 e. The summed E-state index contributed by atoms with van der Waals surface area (Å²) in [5, 5.41) is 4.89. The molecule has 0 bridgehead atoms. The number of aryl methyl sites for hydroxylation is 1. The minimum absolute atomic E-state index is 0.126. The van der Waals surface area contributed by atoms with Gasteiger partial charge in [-0.2, -0.15) is 0 Å². The van der Waals surface area contributed by atoms with Gasteiger partial charge in [-0.1, -0.05) is 29.5 Å². The highest BCUT2D eigenvalue weighted by atomic mass is 32.1. The molecular weight excluding hydrogens is 434 g/mol. The van der Waals surface area contributed by atoms with Crippen LogP contribution in [-0.2, 0) is 7.05 Å². The number of nitrogens with one attached hydrogen (secondary N) is 1. The van der Waals surface area contributed by atoms with Crippen molar-refractivity contribution in [3.05, 3.63) is 78.4 Å². The predicted molar refractivity (Wildman–Crippen MR) is 129 cm³/mol. The van der Waals surface area contributed by atoms with E-state index in [4.69, 9.17) is 9.40 Å². The van der Waals surface area contributed by atoms with E-state index in [0.29, 0.717) is 5.56 Å². The molecule has 0 aliphatic heterocycles. The summed E-state index contributed by atoms with van der Waals surface area (Å²) in [6, 6.07) is 15.2. The van der Waals surface area contributed by atoms with E-state index in [1.54, 1.807) is 36.2 Å². The van der Waals surface area contributed by atoms with E-state index in [2.05, 4.69) is 21.4 Å². The summed E-state index contributed by atoms with van der Waals surface area (Å²) >= 11 is 1.55. The first-order valence-corrected chi connectivity index (χ1v) is 11.3. The standard InChI is InChI=1S/C25H19N5O2S/c1-14(28-23(31)17-6-7-20-16(11-17)8-9-32-20)15-4-3-5-18(10-15)24-29-21-22-19(27-13-30(22)2)12-26-25(21)33-24/h3-14H,1-2H3,(H,28,31)/t14-/m0/s1. The molecule has 4 aromatic heterocycles. The van der Waals surface area contributed by atoms with Crippen molar-refractivity contribution in [1.82, 2.24) is 24.8 Å². The summed E-state index contributed by atoms with van der Waals surface area (Å²) < 4.78 is 7.33. The lowest BCUT2D eigenvalue weighted by Gasteiger charge is -2.15. The average Bonchev–Trinajstić information content (AvgIpc) is 3.56. The number of aromatic nitrogens is 4. The van der Waals surface area contributed by atoms with Crippen molar-refractivity contribution in [2.75, 3.05) is 0 Å². The van der Waals surface area contributed by atoms with Gasteiger partial charge >= 0.3 is 0 Å². The molecule has 4 heterocycles. The van der Waals surface area contributed by atoms with E-state index in [0.717, 1.165) is 48.5 Å². The van der Waals surface area contributed by atoms with E-state index >= 15 is 0 Å². The Balaban J connectivity index is 1.29. The molecule has 0 unspecified atom stereocenters. The van der Waals surface area contributed by atoms with Gasteiger partial charge in [-0.05, 0) is 42.8 Å². The number of furan rings is 1. The Morgan fingerprint density at radius 3 is 2.97 bits per heavy atom. The Hall–Kier alpha value is -4.04. The number of hydrogen-bond acceptors (Lipinski definition) is 6. The molecule has 1 atom stereocenters. The minimum atomic E-state index is -0.172. The molecule has 0 spiro atoms. The second-order valence-corrected chi connectivity index (χ2v) is 8.99. The Morgan fingerprint density at radius 1 is 1.15 bits per heavy atom. The number of thiazole rings is 1. The summed E-state index contributed by atoms with van der Waals surface area (Å²) in [5.74, 6) is -0.126. The van der Waals surface area contributed by atoms with Crippen LogP contribution in [0.5, 0.6) is 0 Å². The second kappa shape index (κ2) is 7.53. The number of pyridine rings is 1. The van der Waals surface area contributed by atoms with Gasteiger partial charge in [0.25, 0.3) is 5.91 Å². The van der Waals surface area contributed by atoms with E-state index in [9.17, 15) is 4.79 Å². The van der Waals surface area contributed by atoms with Crippen LogP contribution in [0.3, 0.4) is 0 Å². The fraction of sp³-hybridized carbons (Fsp3) is 0.120. The van der Waals surface area contributed by atoms with Crippen molar-refractivity contribution in [1.29, 1.82) is 0 Å². The van der Waals surface area contributed by atoms with E-state index in [-0.39, 0.29) is 11.9 Å². The molecular formula is C25H19N5O2S. The van der Waals surface area contributed by atoms with Gasteiger partial charge in [-0.25, -0.2) is 15.0 Å². The number of nitrogens with zero attached hydrogens (tertiary/aromatic N) is 4. The Morgan fingerprint density at radius 2 is 2.06 bits per heavy atom. The largest absolute Gasteiger partial charge is 0.464 e. The molecule has 6 aromatic rings. The molecule has 6 rings (SSSR count). The van der Waals surface area contributed by atoms with Crippen molar-refractivity contribution < 1.29 is 9.21 Å². The van der Waals surface area contributed by atoms with Gasteiger partial charge in [0, 0.05) is 23.6 Å². The van der Waals surface area contributed by atoms with Crippen LogP contribution in [-0.4, -0.2) is 25.4 Å². The number of rotatable bonds is 4. The number of benzene rings is 2. The van der Waals surface area contributed by atoms with Gasteiger partial charge in [0.1, 0.15) is 26.5 Å². The quantitative estimate of drug-likeness (QED) is 0.382. The Bertz CT molecular complexity index is 1660. The van der Waals surface area contributed by atoms with Crippen LogP contribution in [0.25, 0.3) is 42.9 Å². The van der Waals surface area contributed by atoms with Crippen LogP contribution in [0.15, 0.2) is 71.7 Å². The van der Waals surface area contributed by atoms with Crippen molar-refractivity contribution in [3.8, 4) is 10.6 Å². The van der Waals surface area contributed by atoms with Gasteiger partial charge in [0.05, 0.1) is 30.3 Å². The van der Waals surface area contributed by atoms with Crippen LogP contribution < -0.4 is 5.32 Å². The fourth-order valence-corrected chi connectivity index (χ4v) is 4.95. The Labute approximate surface area is 192 Å². The van der Waals surface area contributed by atoms with Gasteiger partial charge in [0.2, 0.25) is 0 Å². The van der Waals surface area contributed by atoms with Gasteiger partial charge in [-0.15, -0.1) is 0 Å². The third-order valence-corrected chi connectivity index (χ3v) is 6.81. The highest BCUT2D eigenvalue weighted by Crippen LogP contribution is 2.33. The predicted octanol–water partition coefficient (Wildman–Crippen LogP) is 5.48. The van der Waals surface area contributed by atoms with E-state index in [1.807, 2.05) is 54.9 Å². The Kier molecular flexibility index (Phi) is 4.48. The number of amides is 1. The average molecular weight is 454 g/mol. The van der Waals surface area contributed by atoms with Crippen LogP contribution in [0, 0.1) is 0 Å². The van der Waals surface area contributed by atoms with Gasteiger partial charge in [0.15, 0.2) is 0 Å². The van der Waals surface area contributed by atoms with Crippen molar-refractivity contribution in [2.24, 2.45) is 7.05 Å². The first-order valence-electron chi connectivity index (χ1n) is 10.5. The van der Waals surface area contributed by atoms with Gasteiger partial charge in [-0.3, -0.25) is 4.79 Å². The van der Waals surface area contributed by atoms with Crippen molar-refractivity contribution >= 4 is 49.6 Å². The van der Waals surface area contributed by atoms with Crippen LogP contribution in [0.2, 0.25) is 0 Å². The third kappa shape index (κ3) is 3.35. The minimum Gasteiger partial charge on any atom is -0.464 e. The molecule has 0 fully saturated rings. The maximum absolute atomic E-state index is 12.8. The zero-order valence-electron chi connectivity index (χ0n) is 17.9. The smallest absolute Gasteiger partial charge is 0.251 e. The third-order valence-electron chi connectivity index (χ3n) is 5.80. The molecule has 0 aliphatic rings. The SMILES string of the molecule is C[C@H](NC(=O)c1ccc2occc2c1)c1cccc(-c2nc3c(ncc4ncn(C)c43)s2)c1. The monoisotopic (exact) mass is 453 g/mol. The lowest BCUT2D eigenvalue weighted by molar-refractivity contribution is 0.0940. The molecule has 162 valence electrons. The van der Waals surface area contributed by atoms with E-state index < -0.39 is 0 Å². The maximum atomic E-state index is 12.8. The summed E-state index contributed by atoms with van der Waals surface area (Å²) in [7, 11) is 1.96. The number of carbonyl (C=O) groups excluding carboxylic acids is 1. The number of fused-ring (bicyclic) bond motifs is 4. The lowest BCUT2D eigenvalue weighted by Crippen LogP contribution is -2.26. The summed E-state index contributed by atoms with van der Waals surface area (Å²) in [5.41, 5.74) is 6.03. The van der Waals surface area contributed by atoms with Crippen LogP contribution in [0.1, 0.15) is 28.9 Å². The molecule has 1 amide bonds. The molecule has 33 heavy (non-hydrogen) atoms. The molecule has 8 heteroatoms. The fourth-order valence-electron chi connectivity index (χ4n) is 4.04. The highest BCUT2D eigenvalue weighted by Gasteiger charge is 2.16. The summed E-state index contributed by atoms with van der Waals surface area (Å²) in [4.78, 5) is 27.5. The zero-order valence-corrected chi connectivity index (χ0v) is 18.8. The second-order valence-electron chi connectivity index (χ2n) is 8.01. The normalized spacial score (nSPS) is 12.5. The topological polar surface area (TPSA) is 85.8 Å². The molecule has 0 saturated heterocycles. The first-order chi connectivity index (χ1) is 16.1. The molecule has 7 nitrogen and oxygen atoms in total. The molecule has 0 saturated carbocycles. The van der Waals surface area contributed by atoms with Crippen molar-refractivity contribution in [2.45, 2.75) is 13.0 Å². The van der Waals surface area contributed by atoms with Crippen molar-refractivity contribution in [3.63, 3.8) is 0 Å². The van der Waals surface area contributed by atoms with E-state index in [1.165, 1.54) is 0 Å². The zero-order chi connectivity index (χ0) is 22.5. The lowest BCUT2D eigenvalue weighted by atomic mass is 10.0. The summed E-state index contributed by atoms with van der Waals surface area (Å²) in [6.45, 7) is 1.98. The highest BCUT2D eigenvalue weighted by molar-refractivity contribution is 7.21. The first kappa shape index (κ1) is 19.6. The molecule has 0 radical (unpaired) electrons. The molecule has 0 aliphatic carbocycles. The summed E-state index contributed by atoms with van der Waals surface area (Å²) in [6.07, 6.45) is 5.19. The number of hydrogen-bond donors (Lipinski definition) is 1.